The Morgan fingerprint density at radius 3 is 2.74 bits per heavy atom. The van der Waals surface area contributed by atoms with E-state index in [4.69, 9.17) is 4.74 Å². The number of rotatable bonds is 8. The van der Waals surface area contributed by atoms with Crippen LogP contribution in [-0.4, -0.2) is 66.6 Å². The summed E-state index contributed by atoms with van der Waals surface area (Å²) in [6.07, 6.45) is 3.07. The first-order valence-corrected chi connectivity index (χ1v) is 10.9. The van der Waals surface area contributed by atoms with E-state index in [1.54, 1.807) is 10.8 Å². The number of likely N-dealkylation sites (tertiary alicyclic amines) is 1. The molecule has 1 N–H and O–H groups in total. The monoisotopic (exact) mass is 393 g/mol. The molecule has 1 saturated heterocycles. The van der Waals surface area contributed by atoms with Crippen LogP contribution in [0.15, 0.2) is 41.7 Å². The number of imidazole rings is 1. The summed E-state index contributed by atoms with van der Waals surface area (Å²) in [5.74, 6) is -0.100. The number of β-amino-alcohol motifs (C(OH)–C–C–N with tert-alkyl or cyclic N) is 1. The van der Waals surface area contributed by atoms with Gasteiger partial charge in [0.2, 0.25) is 15.0 Å². The highest BCUT2D eigenvalue weighted by Gasteiger charge is 2.25. The van der Waals surface area contributed by atoms with Gasteiger partial charge < -0.3 is 14.4 Å². The van der Waals surface area contributed by atoms with Gasteiger partial charge in [0.15, 0.2) is 0 Å². The molecule has 1 aliphatic heterocycles. The van der Waals surface area contributed by atoms with Gasteiger partial charge in [-0.2, -0.15) is 0 Å². The number of hydrogen-bond acceptors (Lipinski definition) is 6. The first kappa shape index (κ1) is 20.0. The molecule has 0 spiro atoms. The van der Waals surface area contributed by atoms with E-state index in [2.05, 4.69) is 9.88 Å². The van der Waals surface area contributed by atoms with Crippen molar-refractivity contribution in [2.45, 2.75) is 37.2 Å². The van der Waals surface area contributed by atoms with E-state index in [0.717, 1.165) is 30.6 Å². The van der Waals surface area contributed by atoms with Gasteiger partial charge in [0.1, 0.15) is 0 Å². The van der Waals surface area contributed by atoms with Crippen molar-refractivity contribution in [3.8, 4) is 0 Å². The minimum Gasteiger partial charge on any atom is -0.392 e. The molecule has 1 aromatic carbocycles. The third-order valence-electron chi connectivity index (χ3n) is 4.79. The summed E-state index contributed by atoms with van der Waals surface area (Å²) in [7, 11) is -2.06. The molecule has 0 bridgehead atoms. The summed E-state index contributed by atoms with van der Waals surface area (Å²) < 4.78 is 32.2. The van der Waals surface area contributed by atoms with Crippen molar-refractivity contribution in [1.82, 2.24) is 14.5 Å². The predicted molar refractivity (Wildman–Crippen MR) is 102 cm³/mol. The van der Waals surface area contributed by atoms with Gasteiger partial charge >= 0.3 is 0 Å². The van der Waals surface area contributed by atoms with Gasteiger partial charge in [-0.3, -0.25) is 4.90 Å². The fraction of sp³-hybridized carbons (Fsp3) is 0.526. The number of methoxy groups -OCH3 is 1. The van der Waals surface area contributed by atoms with Gasteiger partial charge in [-0.25, -0.2) is 13.4 Å². The van der Waals surface area contributed by atoms with Crippen LogP contribution in [0.1, 0.15) is 24.1 Å². The molecule has 3 rings (SSSR count). The molecule has 1 atom stereocenters. The zero-order valence-corrected chi connectivity index (χ0v) is 16.4. The molecule has 1 fully saturated rings. The molecule has 27 heavy (non-hydrogen) atoms. The number of ether oxygens (including phenoxy) is 1. The second-order valence-electron chi connectivity index (χ2n) is 6.95. The number of aliphatic hydroxyl groups is 1. The zero-order chi connectivity index (χ0) is 19.3. The number of aliphatic hydroxyl groups excluding tert-OH is 1. The van der Waals surface area contributed by atoms with Crippen molar-refractivity contribution >= 4 is 9.84 Å². The van der Waals surface area contributed by atoms with Crippen molar-refractivity contribution in [2.75, 3.05) is 32.6 Å². The molecule has 8 heteroatoms. The molecular weight excluding hydrogens is 366 g/mol. The van der Waals surface area contributed by atoms with E-state index < -0.39 is 9.84 Å². The Kier molecular flexibility index (Phi) is 6.64. The largest absolute Gasteiger partial charge is 0.392 e. The smallest absolute Gasteiger partial charge is 0.228 e. The summed E-state index contributed by atoms with van der Waals surface area (Å²) in [5, 5.41) is 10.00. The summed E-state index contributed by atoms with van der Waals surface area (Å²) in [5.41, 5.74) is 1.85. The quantitative estimate of drug-likeness (QED) is 0.728. The van der Waals surface area contributed by atoms with Crippen LogP contribution < -0.4 is 0 Å². The Bertz CT molecular complexity index is 836. The van der Waals surface area contributed by atoms with Gasteiger partial charge in [-0.05, 0) is 24.9 Å². The number of sulfone groups is 1. The van der Waals surface area contributed by atoms with E-state index in [-0.39, 0.29) is 23.6 Å². The van der Waals surface area contributed by atoms with Gasteiger partial charge in [-0.15, -0.1) is 0 Å². The number of aromatic nitrogens is 2. The first-order chi connectivity index (χ1) is 13.0. The van der Waals surface area contributed by atoms with Gasteiger partial charge in [0, 0.05) is 20.2 Å². The van der Waals surface area contributed by atoms with E-state index in [0.29, 0.717) is 19.6 Å². The highest BCUT2D eigenvalue weighted by atomic mass is 32.2. The first-order valence-electron chi connectivity index (χ1n) is 9.20. The fourth-order valence-corrected chi connectivity index (χ4v) is 4.69. The lowest BCUT2D eigenvalue weighted by Crippen LogP contribution is -2.38. The molecule has 0 radical (unpaired) electrons. The number of benzene rings is 1. The van der Waals surface area contributed by atoms with E-state index in [1.807, 2.05) is 30.3 Å². The molecular formula is C19H27N3O4S. The standard InChI is InChI=1S/C19H27N3O4S/c1-26-10-11-27(24,25)19-20-12-17(14-21-9-5-8-18(23)15-21)22(19)13-16-6-3-2-4-7-16/h2-4,6-7,12,18,23H,5,8-11,13-15H2,1H3/t18-/m1/s1. The highest BCUT2D eigenvalue weighted by molar-refractivity contribution is 7.91. The molecule has 0 amide bonds. The average molecular weight is 394 g/mol. The Morgan fingerprint density at radius 1 is 1.26 bits per heavy atom. The van der Waals surface area contributed by atoms with Gasteiger partial charge in [0.05, 0.1) is 36.9 Å². The molecule has 0 saturated carbocycles. The normalized spacial score (nSPS) is 18.7. The van der Waals surface area contributed by atoms with Gasteiger partial charge in [0.25, 0.3) is 0 Å². The lowest BCUT2D eigenvalue weighted by molar-refractivity contribution is 0.0655. The fourth-order valence-electron chi connectivity index (χ4n) is 3.39. The van der Waals surface area contributed by atoms with Crippen LogP contribution in [0.2, 0.25) is 0 Å². The number of piperidine rings is 1. The summed E-state index contributed by atoms with van der Waals surface area (Å²) in [4.78, 5) is 6.40. The van der Waals surface area contributed by atoms with Crippen LogP contribution in [0.25, 0.3) is 0 Å². The zero-order valence-electron chi connectivity index (χ0n) is 15.6. The van der Waals surface area contributed by atoms with Crippen LogP contribution in [0.3, 0.4) is 0 Å². The Hall–Kier alpha value is -1.74. The van der Waals surface area contributed by atoms with Crippen LogP contribution in [0, 0.1) is 0 Å². The van der Waals surface area contributed by atoms with Gasteiger partial charge in [-0.1, -0.05) is 30.3 Å². The van der Waals surface area contributed by atoms with E-state index in [1.165, 1.54) is 7.11 Å². The highest BCUT2D eigenvalue weighted by Crippen LogP contribution is 2.19. The molecule has 0 aliphatic carbocycles. The maximum Gasteiger partial charge on any atom is 0.228 e. The van der Waals surface area contributed by atoms with Crippen LogP contribution >= 0.6 is 0 Å². The van der Waals surface area contributed by atoms with Crippen LogP contribution in [0.5, 0.6) is 0 Å². The molecule has 7 nitrogen and oxygen atoms in total. The molecule has 148 valence electrons. The third-order valence-corrected chi connectivity index (χ3v) is 6.37. The summed E-state index contributed by atoms with van der Waals surface area (Å²) in [6.45, 7) is 2.63. The Morgan fingerprint density at radius 2 is 2.04 bits per heavy atom. The number of nitrogens with zero attached hydrogens (tertiary/aromatic N) is 3. The predicted octanol–water partition coefficient (Wildman–Crippen LogP) is 1.31. The van der Waals surface area contributed by atoms with E-state index >= 15 is 0 Å². The molecule has 2 aromatic rings. The molecule has 2 heterocycles. The second kappa shape index (κ2) is 8.97. The minimum absolute atomic E-state index is 0.0796. The Balaban J connectivity index is 1.90. The average Bonchev–Trinajstić information content (AvgIpc) is 3.04. The third kappa shape index (κ3) is 5.16. The SMILES string of the molecule is COCCS(=O)(=O)c1ncc(CN2CCC[C@@H](O)C2)n1Cc1ccccc1. The van der Waals surface area contributed by atoms with Crippen molar-refractivity contribution in [1.29, 1.82) is 0 Å². The van der Waals surface area contributed by atoms with Crippen molar-refractivity contribution in [3.05, 3.63) is 47.8 Å². The maximum atomic E-state index is 12.7. The van der Waals surface area contributed by atoms with Crippen molar-refractivity contribution < 1.29 is 18.3 Å². The molecule has 1 aromatic heterocycles. The summed E-state index contributed by atoms with van der Waals surface area (Å²) >= 11 is 0. The Labute approximate surface area is 160 Å². The summed E-state index contributed by atoms with van der Waals surface area (Å²) in [6, 6.07) is 9.75. The number of hydrogen-bond donors (Lipinski definition) is 1. The van der Waals surface area contributed by atoms with Crippen molar-refractivity contribution in [2.24, 2.45) is 0 Å². The van der Waals surface area contributed by atoms with Crippen LogP contribution in [-0.2, 0) is 27.7 Å². The van der Waals surface area contributed by atoms with Crippen LogP contribution in [0.4, 0.5) is 0 Å². The molecule has 1 aliphatic rings. The minimum atomic E-state index is -3.54. The van der Waals surface area contributed by atoms with Crippen molar-refractivity contribution in [3.63, 3.8) is 0 Å². The lowest BCUT2D eigenvalue weighted by atomic mass is 10.1. The maximum absolute atomic E-state index is 12.7. The lowest BCUT2D eigenvalue weighted by Gasteiger charge is -2.30. The topological polar surface area (TPSA) is 84.7 Å². The van der Waals surface area contributed by atoms with E-state index in [9.17, 15) is 13.5 Å². The molecule has 0 unspecified atom stereocenters. The second-order valence-corrected chi connectivity index (χ2v) is 8.95.